The van der Waals surface area contributed by atoms with Crippen LogP contribution in [0.2, 0.25) is 0 Å². The fraction of sp³-hybridized carbons (Fsp3) is 0.222. The minimum absolute atomic E-state index is 0.104. The fourth-order valence-electron chi connectivity index (χ4n) is 2.52. The summed E-state index contributed by atoms with van der Waals surface area (Å²) in [6, 6.07) is 15.8. The molecule has 0 aromatic heterocycles. The predicted octanol–water partition coefficient (Wildman–Crippen LogP) is 3.04. The van der Waals surface area contributed by atoms with E-state index >= 15 is 0 Å². The van der Waals surface area contributed by atoms with E-state index in [1.165, 1.54) is 0 Å². The first-order valence-electron chi connectivity index (χ1n) is 7.62. The second kappa shape index (κ2) is 6.96. The Balaban J connectivity index is 1.93. The number of benzene rings is 2. The Morgan fingerprint density at radius 2 is 2.00 bits per heavy atom. The zero-order valence-corrected chi connectivity index (χ0v) is 13.0. The van der Waals surface area contributed by atoms with E-state index in [0.29, 0.717) is 18.7 Å². The second-order valence-electron chi connectivity index (χ2n) is 5.31. The van der Waals surface area contributed by atoms with Gasteiger partial charge in [-0.2, -0.15) is 5.10 Å². The zero-order valence-electron chi connectivity index (χ0n) is 13.0. The topological polar surface area (TPSA) is 62.7 Å². The van der Waals surface area contributed by atoms with Gasteiger partial charge in [0.05, 0.1) is 12.8 Å². The van der Waals surface area contributed by atoms with E-state index in [9.17, 15) is 4.79 Å². The van der Waals surface area contributed by atoms with Crippen LogP contribution in [0, 0.1) is 0 Å². The van der Waals surface area contributed by atoms with Crippen LogP contribution >= 0.6 is 0 Å². The first-order valence-corrected chi connectivity index (χ1v) is 7.62. The molecule has 1 heterocycles. The van der Waals surface area contributed by atoms with Gasteiger partial charge in [0.15, 0.2) is 0 Å². The highest BCUT2D eigenvalue weighted by Crippen LogP contribution is 2.31. The number of amides is 1. The Bertz CT molecular complexity index is 726. The highest BCUT2D eigenvalue weighted by atomic mass is 16.5. The molecule has 23 heavy (non-hydrogen) atoms. The molecule has 0 atom stereocenters. The van der Waals surface area contributed by atoms with Crippen LogP contribution in [0.3, 0.4) is 0 Å². The average molecular weight is 309 g/mol. The van der Waals surface area contributed by atoms with E-state index in [4.69, 9.17) is 4.74 Å². The lowest BCUT2D eigenvalue weighted by atomic mass is 10.0. The number of methoxy groups -OCH3 is 1. The molecular weight excluding hydrogens is 290 g/mol. The molecule has 0 aliphatic carbocycles. The molecule has 0 bridgehead atoms. The van der Waals surface area contributed by atoms with Crippen LogP contribution in [-0.4, -0.2) is 25.3 Å². The molecule has 3 rings (SSSR count). The van der Waals surface area contributed by atoms with Crippen molar-refractivity contribution in [2.75, 3.05) is 19.1 Å². The number of rotatable bonds is 4. The number of carbonyl (C=O) groups excluding carboxylic acids is 1. The number of hydrogen-bond donors (Lipinski definition) is 2. The van der Waals surface area contributed by atoms with Crippen molar-refractivity contribution in [3.05, 3.63) is 48.5 Å². The Hall–Kier alpha value is -2.82. The molecule has 1 aliphatic heterocycles. The number of nitrogens with one attached hydrogen (secondary N) is 2. The Morgan fingerprint density at radius 3 is 2.74 bits per heavy atom. The highest BCUT2D eigenvalue weighted by Gasteiger charge is 2.16. The second-order valence-corrected chi connectivity index (χ2v) is 5.31. The summed E-state index contributed by atoms with van der Waals surface area (Å²) in [5, 5.41) is 7.10. The van der Waals surface area contributed by atoms with E-state index < -0.39 is 0 Å². The molecule has 1 aliphatic rings. The van der Waals surface area contributed by atoms with Crippen LogP contribution < -0.4 is 15.5 Å². The molecule has 0 spiro atoms. The number of carbonyl (C=O) groups is 1. The van der Waals surface area contributed by atoms with Crippen LogP contribution in [0.25, 0.3) is 11.1 Å². The van der Waals surface area contributed by atoms with Crippen molar-refractivity contribution >= 4 is 17.3 Å². The van der Waals surface area contributed by atoms with E-state index in [1.807, 2.05) is 48.5 Å². The van der Waals surface area contributed by atoms with Gasteiger partial charge in [-0.05, 0) is 30.5 Å². The van der Waals surface area contributed by atoms with Gasteiger partial charge in [0.1, 0.15) is 11.5 Å². The number of nitrogens with zero attached hydrogens (tertiary/aromatic N) is 1. The maximum Gasteiger partial charge on any atom is 0.267 e. The monoisotopic (exact) mass is 309 g/mol. The van der Waals surface area contributed by atoms with Crippen molar-refractivity contribution < 1.29 is 9.53 Å². The molecule has 5 heteroatoms. The number of hydrogen-bond acceptors (Lipinski definition) is 4. The standard InChI is InChI=1S/C18H19N3O2/c1-23-14-9-10-15(13-6-3-2-4-7-13)17(12-14)21-20-16-8-5-11-19-18(16)22/h2-4,6-7,9-10,12,21H,5,8,11H2,1H3,(H,19,22). The summed E-state index contributed by atoms with van der Waals surface area (Å²) in [6.45, 7) is 0.715. The van der Waals surface area contributed by atoms with Crippen molar-refractivity contribution in [3.8, 4) is 16.9 Å². The van der Waals surface area contributed by atoms with E-state index in [-0.39, 0.29) is 5.91 Å². The summed E-state index contributed by atoms with van der Waals surface area (Å²) in [5.74, 6) is 0.633. The van der Waals surface area contributed by atoms with Crippen LogP contribution in [-0.2, 0) is 4.79 Å². The third kappa shape index (κ3) is 3.51. The molecule has 118 valence electrons. The minimum Gasteiger partial charge on any atom is -0.497 e. The first kappa shape index (κ1) is 15.1. The lowest BCUT2D eigenvalue weighted by molar-refractivity contribution is -0.115. The maximum absolute atomic E-state index is 11.8. The fourth-order valence-corrected chi connectivity index (χ4v) is 2.52. The van der Waals surface area contributed by atoms with Crippen LogP contribution in [0.1, 0.15) is 12.8 Å². The minimum atomic E-state index is -0.104. The van der Waals surface area contributed by atoms with Gasteiger partial charge in [0.25, 0.3) is 5.91 Å². The van der Waals surface area contributed by atoms with Gasteiger partial charge in [-0.1, -0.05) is 30.3 Å². The van der Waals surface area contributed by atoms with Crippen molar-refractivity contribution in [1.82, 2.24) is 5.32 Å². The van der Waals surface area contributed by atoms with E-state index in [0.717, 1.165) is 29.0 Å². The summed E-state index contributed by atoms with van der Waals surface area (Å²) in [6.07, 6.45) is 1.60. The molecule has 5 nitrogen and oxygen atoms in total. The molecule has 1 amide bonds. The van der Waals surface area contributed by atoms with Gasteiger partial charge in [0.2, 0.25) is 0 Å². The normalized spacial score (nSPS) is 16.0. The summed E-state index contributed by atoms with van der Waals surface area (Å²) in [4.78, 5) is 11.8. The third-order valence-corrected chi connectivity index (χ3v) is 3.76. The number of hydrazone groups is 1. The van der Waals surface area contributed by atoms with Crippen LogP contribution in [0.15, 0.2) is 53.6 Å². The van der Waals surface area contributed by atoms with Gasteiger partial charge >= 0.3 is 0 Å². The van der Waals surface area contributed by atoms with Crippen molar-refractivity contribution in [2.24, 2.45) is 5.10 Å². The summed E-state index contributed by atoms with van der Waals surface area (Å²) >= 11 is 0. The molecule has 0 saturated carbocycles. The highest BCUT2D eigenvalue weighted by molar-refractivity contribution is 6.39. The van der Waals surface area contributed by atoms with Crippen molar-refractivity contribution in [2.45, 2.75) is 12.8 Å². The molecule has 0 radical (unpaired) electrons. The van der Waals surface area contributed by atoms with Crippen molar-refractivity contribution in [1.29, 1.82) is 0 Å². The zero-order chi connectivity index (χ0) is 16.1. The van der Waals surface area contributed by atoms with Gasteiger partial charge < -0.3 is 10.1 Å². The van der Waals surface area contributed by atoms with Gasteiger partial charge in [-0.15, -0.1) is 0 Å². The molecule has 1 saturated heterocycles. The smallest absolute Gasteiger partial charge is 0.267 e. The SMILES string of the molecule is COc1ccc(-c2ccccc2)c(NN=C2CCCNC2=O)c1. The van der Waals surface area contributed by atoms with Gasteiger partial charge in [-0.3, -0.25) is 10.2 Å². The molecule has 0 unspecified atom stereocenters. The van der Waals surface area contributed by atoms with Gasteiger partial charge in [-0.25, -0.2) is 0 Å². The Kier molecular flexibility index (Phi) is 4.57. The summed E-state index contributed by atoms with van der Waals surface area (Å²) in [7, 11) is 1.63. The molecular formula is C18H19N3O2. The third-order valence-electron chi connectivity index (χ3n) is 3.76. The first-order chi connectivity index (χ1) is 11.3. The molecule has 2 N–H and O–H groups in total. The lowest BCUT2D eigenvalue weighted by Gasteiger charge is -2.15. The Labute approximate surface area is 135 Å². The molecule has 1 fully saturated rings. The van der Waals surface area contributed by atoms with Crippen LogP contribution in [0.5, 0.6) is 5.75 Å². The Morgan fingerprint density at radius 1 is 1.17 bits per heavy atom. The number of piperidine rings is 1. The average Bonchev–Trinajstić information content (AvgIpc) is 2.61. The summed E-state index contributed by atoms with van der Waals surface area (Å²) < 4.78 is 5.29. The van der Waals surface area contributed by atoms with Gasteiger partial charge in [0, 0.05) is 18.2 Å². The van der Waals surface area contributed by atoms with E-state index in [1.54, 1.807) is 7.11 Å². The molecule has 2 aromatic rings. The molecule has 2 aromatic carbocycles. The van der Waals surface area contributed by atoms with Crippen LogP contribution in [0.4, 0.5) is 5.69 Å². The largest absolute Gasteiger partial charge is 0.497 e. The van der Waals surface area contributed by atoms with Crippen molar-refractivity contribution in [3.63, 3.8) is 0 Å². The summed E-state index contributed by atoms with van der Waals surface area (Å²) in [5.41, 5.74) is 6.45. The number of ether oxygens (including phenoxy) is 1. The predicted molar refractivity (Wildman–Crippen MR) is 91.7 cm³/mol. The maximum atomic E-state index is 11.8. The quantitative estimate of drug-likeness (QED) is 0.853. The number of anilines is 1. The lowest BCUT2D eigenvalue weighted by Crippen LogP contribution is -2.37. The van der Waals surface area contributed by atoms with E-state index in [2.05, 4.69) is 15.8 Å².